The predicted molar refractivity (Wildman–Crippen MR) is 89.7 cm³/mol. The number of rotatable bonds is 3. The lowest BCUT2D eigenvalue weighted by Crippen LogP contribution is -2.19. The van der Waals surface area contributed by atoms with Crippen molar-refractivity contribution in [2.24, 2.45) is 0 Å². The van der Waals surface area contributed by atoms with Crippen LogP contribution in [0.5, 0.6) is 0 Å². The topological polar surface area (TPSA) is 67.4 Å². The SMILES string of the molecule is [C-]#[N+]c1c(C(F)(F)F)cc(/C(O)=C/C(=O)c2cc(C(F)(F)F)nc(C(F)(F)F)n2)cc1C(F)(F)F. The molecule has 0 aliphatic heterocycles. The third-order valence-corrected chi connectivity index (χ3v) is 3.92. The second kappa shape index (κ2) is 8.74. The first-order valence-electron chi connectivity index (χ1n) is 8.35. The lowest BCUT2D eigenvalue weighted by molar-refractivity contribution is -0.153. The van der Waals surface area contributed by atoms with Gasteiger partial charge in [0.25, 0.3) is 0 Å². The number of carbonyl (C=O) groups is 1. The van der Waals surface area contributed by atoms with Crippen molar-refractivity contribution in [3.8, 4) is 0 Å². The molecule has 0 saturated heterocycles. The summed E-state index contributed by atoms with van der Waals surface area (Å²) in [7, 11) is 0. The summed E-state index contributed by atoms with van der Waals surface area (Å²) in [6.07, 6.45) is -22.5. The van der Waals surface area contributed by atoms with Crippen LogP contribution in [0.4, 0.5) is 58.4 Å². The van der Waals surface area contributed by atoms with Crippen LogP contribution >= 0.6 is 0 Å². The van der Waals surface area contributed by atoms with E-state index in [-0.39, 0.29) is 24.3 Å². The molecule has 0 fully saturated rings. The molecular weight excluding hydrogens is 518 g/mol. The lowest BCUT2D eigenvalue weighted by Gasteiger charge is -2.16. The molecule has 0 unspecified atom stereocenters. The number of alkyl halides is 12. The maximum absolute atomic E-state index is 13.2. The minimum atomic E-state index is -5.58. The highest BCUT2D eigenvalue weighted by atomic mass is 19.4. The van der Waals surface area contributed by atoms with E-state index in [0.717, 1.165) is 0 Å². The first-order chi connectivity index (χ1) is 15.7. The third-order valence-electron chi connectivity index (χ3n) is 3.92. The van der Waals surface area contributed by atoms with E-state index in [1.165, 1.54) is 0 Å². The standard InChI is InChI=1S/C18H5F12N3O2/c1-31-13-7(15(19,20)21)2-6(3-8(13)16(22,23)24)10(34)5-11(35)9-4-12(17(25,26)27)33-14(32-9)18(28,29)30/h2-5,34H/b10-5-. The van der Waals surface area contributed by atoms with Crippen molar-refractivity contribution in [3.05, 3.63) is 69.6 Å². The molecule has 35 heavy (non-hydrogen) atoms. The molecular formula is C18H5F12N3O2. The van der Waals surface area contributed by atoms with Crippen LogP contribution in [0.3, 0.4) is 0 Å². The third kappa shape index (κ3) is 6.19. The Labute approximate surface area is 185 Å². The van der Waals surface area contributed by atoms with Gasteiger partial charge in [-0.3, -0.25) is 4.79 Å². The first kappa shape index (κ1) is 27.4. The van der Waals surface area contributed by atoms with Crippen LogP contribution in [-0.2, 0) is 24.7 Å². The van der Waals surface area contributed by atoms with Crippen LogP contribution in [0, 0.1) is 6.57 Å². The Morgan fingerprint density at radius 1 is 0.800 bits per heavy atom. The summed E-state index contributed by atoms with van der Waals surface area (Å²) >= 11 is 0. The normalized spacial score (nSPS) is 13.5. The number of hydrogen-bond acceptors (Lipinski definition) is 4. The van der Waals surface area contributed by atoms with Crippen molar-refractivity contribution in [1.29, 1.82) is 0 Å². The predicted octanol–water partition coefficient (Wildman–Crippen LogP) is 6.88. The number of benzene rings is 1. The van der Waals surface area contributed by atoms with Gasteiger partial charge in [-0.05, 0) is 18.2 Å². The molecule has 1 aromatic heterocycles. The second-order valence-electron chi connectivity index (χ2n) is 6.38. The van der Waals surface area contributed by atoms with E-state index >= 15 is 0 Å². The Hall–Kier alpha value is -3.84. The van der Waals surface area contributed by atoms with E-state index < -0.39 is 75.8 Å². The summed E-state index contributed by atoms with van der Waals surface area (Å²) in [5.41, 5.74) is -11.5. The van der Waals surface area contributed by atoms with E-state index in [1.807, 2.05) is 0 Å². The molecule has 1 aromatic carbocycles. The second-order valence-corrected chi connectivity index (χ2v) is 6.38. The summed E-state index contributed by atoms with van der Waals surface area (Å²) in [5, 5.41) is 9.89. The van der Waals surface area contributed by atoms with Gasteiger partial charge in [0, 0.05) is 11.6 Å². The minimum Gasteiger partial charge on any atom is -0.507 e. The molecule has 0 aliphatic rings. The van der Waals surface area contributed by atoms with Crippen molar-refractivity contribution < 1.29 is 62.6 Å². The van der Waals surface area contributed by atoms with Gasteiger partial charge < -0.3 is 5.11 Å². The summed E-state index contributed by atoms with van der Waals surface area (Å²) in [6, 6.07) is -0.598. The quantitative estimate of drug-likeness (QED) is 0.157. The molecule has 0 radical (unpaired) electrons. The fourth-order valence-electron chi connectivity index (χ4n) is 2.46. The van der Waals surface area contributed by atoms with Crippen LogP contribution in [0.1, 0.15) is 38.7 Å². The molecule has 0 amide bonds. The van der Waals surface area contributed by atoms with Gasteiger partial charge in [-0.25, -0.2) is 14.8 Å². The highest BCUT2D eigenvalue weighted by molar-refractivity contribution is 6.06. The Bertz CT molecular complexity index is 1160. The zero-order chi connectivity index (χ0) is 27.1. The summed E-state index contributed by atoms with van der Waals surface area (Å²) in [6.45, 7) is 6.63. The molecule has 1 heterocycles. The molecule has 188 valence electrons. The Kier molecular flexibility index (Phi) is 6.85. The zero-order valence-electron chi connectivity index (χ0n) is 16.0. The van der Waals surface area contributed by atoms with Crippen molar-refractivity contribution in [2.45, 2.75) is 24.7 Å². The van der Waals surface area contributed by atoms with Crippen molar-refractivity contribution in [1.82, 2.24) is 9.97 Å². The molecule has 0 saturated carbocycles. The largest absolute Gasteiger partial charge is 0.507 e. The number of aliphatic hydroxyl groups is 1. The summed E-state index contributed by atoms with van der Waals surface area (Å²) < 4.78 is 156. The number of carbonyl (C=O) groups excluding carboxylic acids is 1. The van der Waals surface area contributed by atoms with E-state index in [2.05, 4.69) is 14.8 Å². The number of halogens is 12. The molecule has 2 aromatic rings. The molecule has 17 heteroatoms. The summed E-state index contributed by atoms with van der Waals surface area (Å²) in [5.74, 6) is -6.08. The number of hydrogen-bond donors (Lipinski definition) is 1. The van der Waals surface area contributed by atoms with Gasteiger partial charge in [0.15, 0.2) is 0 Å². The van der Waals surface area contributed by atoms with E-state index in [0.29, 0.717) is 0 Å². The van der Waals surface area contributed by atoms with Gasteiger partial charge in [0.1, 0.15) is 17.1 Å². The molecule has 0 aliphatic carbocycles. The highest BCUT2D eigenvalue weighted by Crippen LogP contribution is 2.45. The Morgan fingerprint density at radius 2 is 1.29 bits per heavy atom. The fourth-order valence-corrected chi connectivity index (χ4v) is 2.46. The van der Waals surface area contributed by atoms with Gasteiger partial charge >= 0.3 is 24.7 Å². The van der Waals surface area contributed by atoms with Gasteiger partial charge in [0.2, 0.25) is 17.3 Å². The van der Waals surface area contributed by atoms with Crippen molar-refractivity contribution in [3.63, 3.8) is 0 Å². The molecule has 1 N–H and O–H groups in total. The average Bonchev–Trinajstić information content (AvgIpc) is 2.69. The van der Waals surface area contributed by atoms with Crippen LogP contribution in [0.15, 0.2) is 24.3 Å². The van der Waals surface area contributed by atoms with Gasteiger partial charge in [-0.1, -0.05) is 0 Å². The smallest absolute Gasteiger partial charge is 0.451 e. The van der Waals surface area contributed by atoms with Gasteiger partial charge in [0.05, 0.1) is 17.7 Å². The number of ketones is 1. The number of aliphatic hydroxyl groups excluding tert-OH is 1. The number of aromatic nitrogens is 2. The van der Waals surface area contributed by atoms with Crippen LogP contribution in [0.2, 0.25) is 0 Å². The van der Waals surface area contributed by atoms with Crippen LogP contribution < -0.4 is 0 Å². The highest BCUT2D eigenvalue weighted by Gasteiger charge is 2.43. The fraction of sp³-hybridized carbons (Fsp3) is 0.222. The van der Waals surface area contributed by atoms with Crippen LogP contribution in [-0.4, -0.2) is 20.9 Å². The Morgan fingerprint density at radius 3 is 1.66 bits per heavy atom. The number of allylic oxidation sites excluding steroid dienone is 1. The molecule has 0 spiro atoms. The van der Waals surface area contributed by atoms with E-state index in [1.54, 1.807) is 0 Å². The summed E-state index contributed by atoms with van der Waals surface area (Å²) in [4.78, 5) is 19.1. The van der Waals surface area contributed by atoms with Crippen molar-refractivity contribution in [2.75, 3.05) is 0 Å². The number of nitrogens with zero attached hydrogens (tertiary/aromatic N) is 3. The molecule has 0 bridgehead atoms. The Balaban J connectivity index is 2.72. The molecule has 0 atom stereocenters. The maximum Gasteiger partial charge on any atom is 0.451 e. The zero-order valence-corrected chi connectivity index (χ0v) is 16.0. The molecule has 2 rings (SSSR count). The molecule has 5 nitrogen and oxygen atoms in total. The van der Waals surface area contributed by atoms with Crippen LogP contribution in [0.25, 0.3) is 10.6 Å². The van der Waals surface area contributed by atoms with Gasteiger partial charge in [-0.15, -0.1) is 0 Å². The average molecular weight is 523 g/mol. The van der Waals surface area contributed by atoms with Gasteiger partial charge in [-0.2, -0.15) is 52.7 Å². The van der Waals surface area contributed by atoms with E-state index in [9.17, 15) is 62.6 Å². The maximum atomic E-state index is 13.2. The van der Waals surface area contributed by atoms with Crippen molar-refractivity contribution >= 4 is 17.2 Å². The monoisotopic (exact) mass is 523 g/mol. The van der Waals surface area contributed by atoms with E-state index in [4.69, 9.17) is 6.57 Å². The lowest BCUT2D eigenvalue weighted by atomic mass is 10.00. The first-order valence-corrected chi connectivity index (χ1v) is 8.35. The minimum absolute atomic E-state index is 0.163.